The topological polar surface area (TPSA) is 302 Å². The fraction of sp³-hybridized carbons (Fsp3) is 0.463. The summed E-state index contributed by atoms with van der Waals surface area (Å²) in [6, 6.07) is 14.0. The molecule has 25 heteroatoms. The molecule has 0 saturated heterocycles. The van der Waals surface area contributed by atoms with Gasteiger partial charge in [0.15, 0.2) is 23.1 Å². The van der Waals surface area contributed by atoms with Crippen molar-refractivity contribution in [3.05, 3.63) is 72.6 Å². The van der Waals surface area contributed by atoms with E-state index in [0.29, 0.717) is 50.5 Å². The molecule has 0 unspecified atom stereocenters. The zero-order valence-electron chi connectivity index (χ0n) is 36.6. The highest BCUT2D eigenvalue weighted by molar-refractivity contribution is 7.92. The lowest BCUT2D eigenvalue weighted by atomic mass is 9.86. The Morgan fingerprint density at radius 1 is 0.652 bits per heavy atom. The third-order valence-corrected chi connectivity index (χ3v) is 10.4. The van der Waals surface area contributed by atoms with Crippen molar-refractivity contribution in [3.63, 3.8) is 0 Å². The Morgan fingerprint density at radius 3 is 1.77 bits per heavy atom. The van der Waals surface area contributed by atoms with Crippen LogP contribution in [0, 0.1) is 0 Å². The van der Waals surface area contributed by atoms with Crippen LogP contribution in [0.4, 0.5) is 15.4 Å². The Balaban J connectivity index is 1.46. The lowest BCUT2D eigenvalue weighted by Crippen LogP contribution is -2.27. The molecule has 0 saturated carbocycles. The van der Waals surface area contributed by atoms with Crippen molar-refractivity contribution in [3.8, 4) is 34.8 Å². The van der Waals surface area contributed by atoms with Gasteiger partial charge in [0.05, 0.1) is 49.2 Å². The summed E-state index contributed by atoms with van der Waals surface area (Å²) in [5.74, 6) is -0.626. The molecule has 2 aromatic heterocycles. The highest BCUT2D eigenvalue weighted by atomic mass is 32.2. The molecule has 362 valence electrons. The fourth-order valence-electron chi connectivity index (χ4n) is 5.68. The number of hydrogen-bond donors (Lipinski definition) is 5. The van der Waals surface area contributed by atoms with Crippen LogP contribution in [-0.4, -0.2) is 126 Å². The van der Waals surface area contributed by atoms with E-state index < -0.39 is 27.7 Å². The van der Waals surface area contributed by atoms with Crippen molar-refractivity contribution in [2.45, 2.75) is 75.5 Å². The Labute approximate surface area is 380 Å². The average molecular weight is 950 g/mol. The monoisotopic (exact) mass is 949 g/mol. The maximum atomic E-state index is 14.1. The van der Waals surface area contributed by atoms with Crippen LogP contribution in [0.5, 0.6) is 23.1 Å². The Bertz CT molecular complexity index is 2190. The van der Waals surface area contributed by atoms with Crippen molar-refractivity contribution < 1.29 is 81.7 Å². The molecule has 0 fully saturated rings. The van der Waals surface area contributed by atoms with E-state index in [9.17, 15) is 18.0 Å². The van der Waals surface area contributed by atoms with Gasteiger partial charge in [0, 0.05) is 17.8 Å². The van der Waals surface area contributed by atoms with Gasteiger partial charge < -0.3 is 33.2 Å². The fourth-order valence-corrected chi connectivity index (χ4v) is 6.68. The van der Waals surface area contributed by atoms with Gasteiger partial charge in [0.1, 0.15) is 19.8 Å². The van der Waals surface area contributed by atoms with Crippen molar-refractivity contribution >= 4 is 28.2 Å². The molecule has 2 heterocycles. The highest BCUT2D eigenvalue weighted by Gasteiger charge is 2.28. The first-order valence-electron chi connectivity index (χ1n) is 20.7. The summed E-state index contributed by atoms with van der Waals surface area (Å²) in [6.45, 7) is 3.38. The van der Waals surface area contributed by atoms with Crippen LogP contribution in [0.2, 0.25) is 0 Å². The van der Waals surface area contributed by atoms with Crippen LogP contribution in [0.1, 0.15) is 70.8 Å². The smallest absolute Gasteiger partial charge is 0.493 e. The molecule has 0 amide bonds. The SMILES string of the molecule is COc1ccccc1Oc1c(NS(=O)(=O)c2ccc(C(C)(C)COC(=O)OCCCCCCON(O)O)cc2)nc(-c2ncccn2)nc1OCCOC(=O)OCCCCCCON(O)O. The third-order valence-electron chi connectivity index (χ3n) is 9.08. The number of unbranched alkanes of at least 4 members (excludes halogenated alkanes) is 6. The Hall–Kier alpha value is -6.03. The number of hydrogen-bond acceptors (Lipinski definition) is 23. The van der Waals surface area contributed by atoms with Gasteiger partial charge in [-0.15, -0.1) is 0 Å². The summed E-state index contributed by atoms with van der Waals surface area (Å²) < 4.78 is 69.1. The standard InChI is InChI=1S/C41H55N7O17S/c1-41(2,29-62-40(50)60-24-11-5-7-13-26-64-48(53)54)30-17-19-31(20-18-30)66(55,56)46-35-34(65-33-16-9-8-15-32(33)57-3)38(45-37(44-35)36-42-21-14-22-43-36)58-27-28-61-39(49)59-23-10-4-6-12-25-63-47(51)52/h8-9,14-22,51-54H,4-7,10-13,23-29H2,1-3H3,(H,44,45,46). The van der Waals surface area contributed by atoms with Crippen LogP contribution in [-0.2, 0) is 44.1 Å². The summed E-state index contributed by atoms with van der Waals surface area (Å²) in [5.41, 5.74) is -0.111. The van der Waals surface area contributed by atoms with Gasteiger partial charge >= 0.3 is 12.3 Å². The third kappa shape index (κ3) is 18.5. The second kappa shape index (κ2) is 27.4. The first-order valence-corrected chi connectivity index (χ1v) is 22.1. The van der Waals surface area contributed by atoms with Crippen LogP contribution in [0.25, 0.3) is 11.6 Å². The zero-order chi connectivity index (χ0) is 47.8. The van der Waals surface area contributed by atoms with E-state index in [1.807, 2.05) is 13.8 Å². The second-order valence-electron chi connectivity index (χ2n) is 14.6. The number of nitrogens with one attached hydrogen (secondary N) is 1. The number of rotatable bonds is 30. The zero-order valence-corrected chi connectivity index (χ0v) is 37.5. The molecule has 0 spiro atoms. The molecular formula is C41H55N7O17S. The molecule has 0 bridgehead atoms. The van der Waals surface area contributed by atoms with Crippen molar-refractivity contribution in [2.24, 2.45) is 0 Å². The Kier molecular flexibility index (Phi) is 21.9. The van der Waals surface area contributed by atoms with Gasteiger partial charge in [-0.2, -0.15) is 4.98 Å². The normalized spacial score (nSPS) is 11.6. The van der Waals surface area contributed by atoms with E-state index in [0.717, 1.165) is 6.42 Å². The van der Waals surface area contributed by atoms with Gasteiger partial charge in [0.2, 0.25) is 11.6 Å². The minimum absolute atomic E-state index is 0.0159. The molecule has 0 radical (unpaired) electrons. The van der Waals surface area contributed by atoms with Gasteiger partial charge in [-0.05, 0) is 74.4 Å². The van der Waals surface area contributed by atoms with E-state index in [4.69, 9.17) is 54.0 Å². The average Bonchev–Trinajstić information content (AvgIpc) is 3.29. The molecule has 4 rings (SSSR count). The minimum Gasteiger partial charge on any atom is -0.493 e. The number of anilines is 1. The number of methoxy groups -OCH3 is 1. The molecule has 4 aromatic rings. The van der Waals surface area contributed by atoms with Crippen LogP contribution < -0.4 is 18.9 Å². The van der Waals surface area contributed by atoms with Gasteiger partial charge in [-0.3, -0.25) is 35.2 Å². The number of para-hydroxylation sites is 2. The predicted octanol–water partition coefficient (Wildman–Crippen LogP) is 6.64. The number of sulfonamides is 1. The maximum Gasteiger partial charge on any atom is 0.508 e. The van der Waals surface area contributed by atoms with E-state index >= 15 is 0 Å². The predicted molar refractivity (Wildman–Crippen MR) is 226 cm³/mol. The molecule has 0 aliphatic rings. The largest absolute Gasteiger partial charge is 0.508 e. The van der Waals surface area contributed by atoms with Gasteiger partial charge in [0.25, 0.3) is 15.9 Å². The Morgan fingerprint density at radius 2 is 1.20 bits per heavy atom. The van der Waals surface area contributed by atoms with Crippen LogP contribution in [0.15, 0.2) is 71.9 Å². The van der Waals surface area contributed by atoms with Crippen LogP contribution >= 0.6 is 0 Å². The highest BCUT2D eigenvalue weighted by Crippen LogP contribution is 2.41. The molecule has 5 N–H and O–H groups in total. The summed E-state index contributed by atoms with van der Waals surface area (Å²) >= 11 is 0. The number of benzene rings is 2. The first-order chi connectivity index (χ1) is 31.7. The second-order valence-corrected chi connectivity index (χ2v) is 16.2. The number of aromatic nitrogens is 4. The van der Waals surface area contributed by atoms with Gasteiger partial charge in [-0.25, -0.2) is 33.0 Å². The molecular weight excluding hydrogens is 895 g/mol. The minimum atomic E-state index is -4.43. The van der Waals surface area contributed by atoms with E-state index in [2.05, 4.69) is 34.3 Å². The van der Waals surface area contributed by atoms with Crippen molar-refractivity contribution in [1.29, 1.82) is 0 Å². The molecule has 0 aliphatic carbocycles. The van der Waals surface area contributed by atoms with E-state index in [-0.39, 0.29) is 103 Å². The van der Waals surface area contributed by atoms with Gasteiger partial charge in [-0.1, -0.05) is 51.0 Å². The lowest BCUT2D eigenvalue weighted by Gasteiger charge is -2.25. The molecule has 0 aliphatic heterocycles. The summed E-state index contributed by atoms with van der Waals surface area (Å²) in [6.07, 6.45) is 6.10. The number of nitrogens with zero attached hydrogens (tertiary/aromatic N) is 6. The molecule has 0 atom stereocenters. The molecule has 2 aromatic carbocycles. The summed E-state index contributed by atoms with van der Waals surface area (Å²) in [4.78, 5) is 50.7. The molecule has 66 heavy (non-hydrogen) atoms. The van der Waals surface area contributed by atoms with E-state index in [1.54, 1.807) is 42.5 Å². The first kappa shape index (κ1) is 52.6. The lowest BCUT2D eigenvalue weighted by molar-refractivity contribution is -0.492. The van der Waals surface area contributed by atoms with Crippen molar-refractivity contribution in [2.75, 3.05) is 58.1 Å². The number of ether oxygens (including phenoxy) is 7. The number of carbonyl (C=O) groups is 2. The maximum absolute atomic E-state index is 14.1. The molecule has 24 nitrogen and oxygen atoms in total. The van der Waals surface area contributed by atoms with Crippen molar-refractivity contribution in [1.82, 2.24) is 30.7 Å². The quantitative estimate of drug-likeness (QED) is 0.0208. The number of carbonyl (C=O) groups excluding carboxylic acids is 2. The van der Waals surface area contributed by atoms with E-state index in [1.165, 1.54) is 31.6 Å². The summed E-state index contributed by atoms with van der Waals surface area (Å²) in [7, 11) is -3.01. The summed E-state index contributed by atoms with van der Waals surface area (Å²) in [5, 5.41) is 33.5. The van der Waals surface area contributed by atoms with Crippen LogP contribution in [0.3, 0.4) is 0 Å².